The molecule has 1 unspecified atom stereocenters. The maximum Gasteiger partial charge on any atom is 0.313 e. The van der Waals surface area contributed by atoms with Crippen LogP contribution in [0.5, 0.6) is 0 Å². The lowest BCUT2D eigenvalue weighted by atomic mass is 10.3. The molecule has 1 radical (unpaired) electrons. The van der Waals surface area contributed by atoms with Crippen LogP contribution in [0.3, 0.4) is 0 Å². The molecule has 0 N–H and O–H groups in total. The van der Waals surface area contributed by atoms with Crippen molar-refractivity contribution in [2.75, 3.05) is 6.61 Å². The lowest BCUT2D eigenvalue weighted by Gasteiger charge is -2.12. The summed E-state index contributed by atoms with van der Waals surface area (Å²) in [6.45, 7) is 5.70. The van der Waals surface area contributed by atoms with Gasteiger partial charge in [0.25, 0.3) is 0 Å². The van der Waals surface area contributed by atoms with Crippen molar-refractivity contribution >= 4 is 23.5 Å². The van der Waals surface area contributed by atoms with E-state index in [4.69, 9.17) is 0 Å². The van der Waals surface area contributed by atoms with Gasteiger partial charge in [0.05, 0.1) is 0 Å². The van der Waals surface area contributed by atoms with Gasteiger partial charge in [-0.15, -0.1) is 0 Å². The summed E-state index contributed by atoms with van der Waals surface area (Å²) in [6, 6.07) is 0. The zero-order chi connectivity index (χ0) is 13.4. The number of hydrogen-bond donors (Lipinski definition) is 0. The fourth-order valence-corrected chi connectivity index (χ4v) is 0.905. The zero-order valence-electron chi connectivity index (χ0n) is 9.86. The van der Waals surface area contributed by atoms with Gasteiger partial charge in [-0.3, -0.25) is 19.2 Å². The first kappa shape index (κ1) is 15.3. The van der Waals surface area contributed by atoms with Gasteiger partial charge in [0.1, 0.15) is 37.1 Å². The Morgan fingerprint density at radius 3 is 1.94 bits per heavy atom. The molecule has 0 spiro atoms. The zero-order valence-corrected chi connectivity index (χ0v) is 9.86. The van der Waals surface area contributed by atoms with Crippen molar-refractivity contribution in [2.24, 2.45) is 0 Å². The summed E-state index contributed by atoms with van der Waals surface area (Å²) in [7, 11) is 0. The minimum absolute atomic E-state index is 0.240. The minimum atomic E-state index is -0.891. The van der Waals surface area contributed by atoms with Crippen LogP contribution in [-0.4, -0.2) is 36.2 Å². The number of hydrogen-bond acceptors (Lipinski definition) is 6. The second-order valence-electron chi connectivity index (χ2n) is 3.55. The Morgan fingerprint density at radius 1 is 1.00 bits per heavy atom. The summed E-state index contributed by atoms with van der Waals surface area (Å²) in [5, 5.41) is 0. The molecule has 6 heteroatoms. The Kier molecular flexibility index (Phi) is 6.77. The average Bonchev–Trinajstić information content (AvgIpc) is 2.12. The SMILES string of the molecule is [CH2]C(COC(=O)CC(C)=O)OC(=O)CC(C)=O. The summed E-state index contributed by atoms with van der Waals surface area (Å²) in [6.07, 6.45) is -1.56. The number of carbonyl (C=O) groups excluding carboxylic acids is 4. The van der Waals surface area contributed by atoms with Crippen molar-refractivity contribution in [2.45, 2.75) is 32.8 Å². The lowest BCUT2D eigenvalue weighted by molar-refractivity contribution is -0.158. The maximum absolute atomic E-state index is 11.0. The van der Waals surface area contributed by atoms with Crippen LogP contribution >= 0.6 is 0 Å². The van der Waals surface area contributed by atoms with Crippen LogP contribution in [0.2, 0.25) is 0 Å². The molecule has 0 aliphatic carbocycles. The van der Waals surface area contributed by atoms with Gasteiger partial charge in [0, 0.05) is 0 Å². The van der Waals surface area contributed by atoms with Crippen molar-refractivity contribution in [3.63, 3.8) is 0 Å². The molecule has 0 aliphatic rings. The van der Waals surface area contributed by atoms with E-state index in [2.05, 4.69) is 16.4 Å². The van der Waals surface area contributed by atoms with E-state index in [1.54, 1.807) is 0 Å². The highest BCUT2D eigenvalue weighted by molar-refractivity contribution is 5.94. The number of ketones is 2. The Morgan fingerprint density at radius 2 is 1.47 bits per heavy atom. The lowest BCUT2D eigenvalue weighted by Crippen LogP contribution is -2.24. The minimum Gasteiger partial charge on any atom is -0.461 e. The standard InChI is InChI=1S/C11H15O6/c1-7(12)4-10(14)16-6-9(3)17-11(15)5-8(2)13/h9H,3-6H2,1-2H3. The molecule has 17 heavy (non-hydrogen) atoms. The van der Waals surface area contributed by atoms with E-state index >= 15 is 0 Å². The molecule has 0 aromatic heterocycles. The third-order valence-corrected chi connectivity index (χ3v) is 1.51. The van der Waals surface area contributed by atoms with Crippen molar-refractivity contribution in [1.82, 2.24) is 0 Å². The number of ether oxygens (including phenoxy) is 2. The summed E-state index contributed by atoms with van der Waals surface area (Å²) >= 11 is 0. The van der Waals surface area contributed by atoms with Crippen LogP contribution < -0.4 is 0 Å². The first-order valence-electron chi connectivity index (χ1n) is 4.98. The smallest absolute Gasteiger partial charge is 0.313 e. The quantitative estimate of drug-likeness (QED) is 0.470. The largest absolute Gasteiger partial charge is 0.461 e. The monoisotopic (exact) mass is 243 g/mol. The van der Waals surface area contributed by atoms with E-state index in [-0.39, 0.29) is 31.0 Å². The molecular weight excluding hydrogens is 228 g/mol. The number of Topliss-reactive ketones (excluding diaryl/α,β-unsaturated/α-hetero) is 2. The van der Waals surface area contributed by atoms with Crippen LogP contribution in [0.1, 0.15) is 26.7 Å². The van der Waals surface area contributed by atoms with Crippen molar-refractivity contribution in [3.8, 4) is 0 Å². The third-order valence-electron chi connectivity index (χ3n) is 1.51. The molecule has 0 aromatic rings. The molecule has 0 bridgehead atoms. The van der Waals surface area contributed by atoms with Crippen molar-refractivity contribution in [3.05, 3.63) is 6.92 Å². The molecule has 0 rings (SSSR count). The van der Waals surface area contributed by atoms with Gasteiger partial charge in [-0.25, -0.2) is 0 Å². The van der Waals surface area contributed by atoms with Crippen LogP contribution in [0, 0.1) is 6.92 Å². The van der Waals surface area contributed by atoms with Gasteiger partial charge < -0.3 is 9.47 Å². The second-order valence-corrected chi connectivity index (χ2v) is 3.55. The summed E-state index contributed by atoms with van der Waals surface area (Å²) < 4.78 is 9.32. The predicted molar refractivity (Wildman–Crippen MR) is 56.8 cm³/mol. The van der Waals surface area contributed by atoms with E-state index in [1.165, 1.54) is 13.8 Å². The molecular formula is C11H15O6. The molecule has 95 valence electrons. The highest BCUT2D eigenvalue weighted by Crippen LogP contribution is 1.98. The number of rotatable bonds is 7. The van der Waals surface area contributed by atoms with Gasteiger partial charge in [-0.05, 0) is 20.8 Å². The Labute approximate surface area is 99.3 Å². The van der Waals surface area contributed by atoms with E-state index in [0.29, 0.717) is 0 Å². The van der Waals surface area contributed by atoms with E-state index in [0.717, 1.165) is 0 Å². The molecule has 0 saturated carbocycles. The molecule has 0 aliphatic heterocycles. The third kappa shape index (κ3) is 9.22. The molecule has 0 heterocycles. The first-order valence-corrected chi connectivity index (χ1v) is 4.98. The highest BCUT2D eigenvalue weighted by Gasteiger charge is 2.14. The van der Waals surface area contributed by atoms with E-state index in [9.17, 15) is 19.2 Å². The fraction of sp³-hybridized carbons (Fsp3) is 0.545. The molecule has 0 fully saturated rings. The topological polar surface area (TPSA) is 86.7 Å². The molecule has 0 saturated heterocycles. The summed E-state index contributed by atoms with van der Waals surface area (Å²) in [4.78, 5) is 43.1. The van der Waals surface area contributed by atoms with E-state index in [1.807, 2.05) is 0 Å². The normalized spacial score (nSPS) is 11.5. The summed E-state index contributed by atoms with van der Waals surface area (Å²) in [5.74, 6) is -2.06. The van der Waals surface area contributed by atoms with Gasteiger partial charge >= 0.3 is 11.9 Å². The number of esters is 2. The van der Waals surface area contributed by atoms with Crippen LogP contribution in [0.25, 0.3) is 0 Å². The van der Waals surface area contributed by atoms with Crippen LogP contribution in [0.15, 0.2) is 0 Å². The predicted octanol–water partition coefficient (Wildman–Crippen LogP) is 0.234. The van der Waals surface area contributed by atoms with Crippen molar-refractivity contribution < 1.29 is 28.7 Å². The van der Waals surface area contributed by atoms with Gasteiger partial charge in [-0.2, -0.15) is 0 Å². The van der Waals surface area contributed by atoms with Gasteiger partial charge in [-0.1, -0.05) is 0 Å². The molecule has 1 atom stereocenters. The average molecular weight is 243 g/mol. The summed E-state index contributed by atoms with van der Waals surface area (Å²) in [5.41, 5.74) is 0. The Balaban J connectivity index is 3.83. The Hall–Kier alpha value is -1.72. The van der Waals surface area contributed by atoms with Gasteiger partial charge in [0.15, 0.2) is 0 Å². The molecule has 6 nitrogen and oxygen atoms in total. The van der Waals surface area contributed by atoms with E-state index < -0.39 is 18.0 Å². The highest BCUT2D eigenvalue weighted by atomic mass is 16.6. The fourth-order valence-electron chi connectivity index (χ4n) is 0.905. The van der Waals surface area contributed by atoms with Crippen LogP contribution in [-0.2, 0) is 28.7 Å². The van der Waals surface area contributed by atoms with Crippen molar-refractivity contribution in [1.29, 1.82) is 0 Å². The molecule has 0 aromatic carbocycles. The first-order chi connectivity index (χ1) is 7.81. The van der Waals surface area contributed by atoms with Gasteiger partial charge in [0.2, 0.25) is 0 Å². The number of carbonyl (C=O) groups is 4. The Bertz CT molecular complexity index is 320. The molecule has 0 amide bonds. The second kappa shape index (κ2) is 7.54. The van der Waals surface area contributed by atoms with Crippen LogP contribution in [0.4, 0.5) is 0 Å². The maximum atomic E-state index is 11.0.